The lowest BCUT2D eigenvalue weighted by Crippen LogP contribution is -2.19. The number of aromatic nitrogens is 2. The van der Waals surface area contributed by atoms with Crippen molar-refractivity contribution in [3.8, 4) is 5.75 Å². The van der Waals surface area contributed by atoms with Gasteiger partial charge in [-0.05, 0) is 35.9 Å². The van der Waals surface area contributed by atoms with Gasteiger partial charge < -0.3 is 4.74 Å². The number of carbonyl (C=O) groups is 1. The average molecular weight is 537 g/mol. The van der Waals surface area contributed by atoms with Crippen LogP contribution in [0.3, 0.4) is 0 Å². The predicted molar refractivity (Wildman–Crippen MR) is 118 cm³/mol. The van der Waals surface area contributed by atoms with Crippen molar-refractivity contribution < 1.29 is 14.5 Å². The lowest BCUT2D eigenvalue weighted by atomic mass is 10.2. The highest BCUT2D eigenvalue weighted by molar-refractivity contribution is 9.10. The summed E-state index contributed by atoms with van der Waals surface area (Å²) in [6.07, 6.45) is 2.60. The van der Waals surface area contributed by atoms with E-state index in [1.807, 2.05) is 24.3 Å². The molecule has 1 N–H and O–H groups in total. The Morgan fingerprint density at radius 2 is 2.07 bits per heavy atom. The van der Waals surface area contributed by atoms with E-state index < -0.39 is 16.5 Å². The highest BCUT2D eigenvalue weighted by Crippen LogP contribution is 2.22. The van der Waals surface area contributed by atoms with E-state index in [1.54, 1.807) is 18.2 Å². The molecular formula is C19H15Br2N5O4. The van der Waals surface area contributed by atoms with Crippen LogP contribution in [0.2, 0.25) is 0 Å². The minimum absolute atomic E-state index is 0.270. The van der Waals surface area contributed by atoms with E-state index in [0.29, 0.717) is 11.3 Å². The Kier molecular flexibility index (Phi) is 6.95. The fourth-order valence-corrected chi connectivity index (χ4v) is 3.45. The van der Waals surface area contributed by atoms with Gasteiger partial charge in [0, 0.05) is 14.5 Å². The second-order valence-electron chi connectivity index (χ2n) is 6.03. The van der Waals surface area contributed by atoms with E-state index in [1.165, 1.54) is 24.2 Å². The molecule has 11 heteroatoms. The van der Waals surface area contributed by atoms with Gasteiger partial charge in [0.05, 0.1) is 24.8 Å². The van der Waals surface area contributed by atoms with Crippen LogP contribution in [0.1, 0.15) is 21.6 Å². The standard InChI is InChI=1S/C19H15Br2N5O4/c1-30-17-6-5-15(21)8-13(17)9-22-23-19(27)18-16(26(28)29)11-25(24-18)10-12-3-2-4-14(20)7-12/h2-9,11H,10H2,1H3,(H,23,27)/b22-9-. The molecule has 1 amide bonds. The Labute approximate surface area is 188 Å². The predicted octanol–water partition coefficient (Wildman–Crippen LogP) is 4.14. The quantitative estimate of drug-likeness (QED) is 0.277. The van der Waals surface area contributed by atoms with Gasteiger partial charge >= 0.3 is 5.69 Å². The van der Waals surface area contributed by atoms with Gasteiger partial charge in [-0.1, -0.05) is 44.0 Å². The zero-order chi connectivity index (χ0) is 21.7. The third-order valence-corrected chi connectivity index (χ3v) is 4.94. The van der Waals surface area contributed by atoms with E-state index in [0.717, 1.165) is 14.5 Å². The van der Waals surface area contributed by atoms with E-state index in [9.17, 15) is 14.9 Å². The molecule has 0 unspecified atom stereocenters. The van der Waals surface area contributed by atoms with Gasteiger partial charge in [0.15, 0.2) is 0 Å². The maximum Gasteiger partial charge on any atom is 0.320 e. The van der Waals surface area contributed by atoms with Crippen LogP contribution >= 0.6 is 31.9 Å². The number of methoxy groups -OCH3 is 1. The molecule has 2 aromatic carbocycles. The smallest absolute Gasteiger partial charge is 0.320 e. The van der Waals surface area contributed by atoms with Gasteiger partial charge in [-0.3, -0.25) is 19.6 Å². The van der Waals surface area contributed by atoms with Crippen molar-refractivity contribution in [1.82, 2.24) is 15.2 Å². The SMILES string of the molecule is COc1ccc(Br)cc1/C=N\NC(=O)c1nn(Cc2cccc(Br)c2)cc1[N+](=O)[O-]. The van der Waals surface area contributed by atoms with Crippen LogP contribution in [0.15, 0.2) is 62.7 Å². The van der Waals surface area contributed by atoms with Crippen molar-refractivity contribution in [2.75, 3.05) is 7.11 Å². The third kappa shape index (κ3) is 5.30. The normalized spacial score (nSPS) is 10.9. The number of hydrogen-bond acceptors (Lipinski definition) is 6. The van der Waals surface area contributed by atoms with Crippen molar-refractivity contribution in [1.29, 1.82) is 0 Å². The Morgan fingerprint density at radius 3 is 2.77 bits per heavy atom. The number of carbonyl (C=O) groups excluding carboxylic acids is 1. The highest BCUT2D eigenvalue weighted by atomic mass is 79.9. The maximum atomic E-state index is 12.4. The zero-order valence-electron chi connectivity index (χ0n) is 15.6. The molecule has 0 radical (unpaired) electrons. The summed E-state index contributed by atoms with van der Waals surface area (Å²) < 4.78 is 8.25. The molecule has 0 spiro atoms. The molecule has 154 valence electrons. The first kappa shape index (κ1) is 21.7. The number of hydrazone groups is 1. The number of halogens is 2. The van der Waals surface area contributed by atoms with E-state index in [4.69, 9.17) is 4.74 Å². The van der Waals surface area contributed by atoms with Crippen LogP contribution in [0, 0.1) is 10.1 Å². The van der Waals surface area contributed by atoms with Crippen LogP contribution in [0.25, 0.3) is 0 Å². The minimum atomic E-state index is -0.792. The lowest BCUT2D eigenvalue weighted by molar-refractivity contribution is -0.385. The van der Waals surface area contributed by atoms with Gasteiger partial charge in [0.2, 0.25) is 5.69 Å². The number of ether oxygens (including phenoxy) is 1. The largest absolute Gasteiger partial charge is 0.496 e. The van der Waals surface area contributed by atoms with Crippen LogP contribution in [-0.4, -0.2) is 33.9 Å². The van der Waals surface area contributed by atoms with E-state index in [2.05, 4.69) is 47.5 Å². The molecule has 1 heterocycles. The monoisotopic (exact) mass is 535 g/mol. The number of rotatable bonds is 7. The number of benzene rings is 2. The summed E-state index contributed by atoms with van der Waals surface area (Å²) in [7, 11) is 1.51. The van der Waals surface area contributed by atoms with Gasteiger partial charge in [-0.25, -0.2) is 5.43 Å². The van der Waals surface area contributed by atoms with Gasteiger partial charge in [0.25, 0.3) is 5.91 Å². The molecule has 0 fully saturated rings. The first-order chi connectivity index (χ1) is 14.4. The Bertz CT molecular complexity index is 1130. The third-order valence-electron chi connectivity index (χ3n) is 3.95. The first-order valence-corrected chi connectivity index (χ1v) is 10.1. The summed E-state index contributed by atoms with van der Waals surface area (Å²) in [5.74, 6) is -0.236. The fourth-order valence-electron chi connectivity index (χ4n) is 2.63. The summed E-state index contributed by atoms with van der Waals surface area (Å²) in [5, 5.41) is 19.3. The molecule has 3 rings (SSSR count). The van der Waals surface area contributed by atoms with Crippen molar-refractivity contribution in [3.63, 3.8) is 0 Å². The topological polar surface area (TPSA) is 112 Å². The Balaban J connectivity index is 1.79. The molecule has 9 nitrogen and oxygen atoms in total. The number of hydrogen-bond donors (Lipinski definition) is 1. The summed E-state index contributed by atoms with van der Waals surface area (Å²) >= 11 is 6.72. The van der Waals surface area contributed by atoms with Crippen molar-refractivity contribution >= 4 is 49.7 Å². The van der Waals surface area contributed by atoms with E-state index >= 15 is 0 Å². The first-order valence-electron chi connectivity index (χ1n) is 8.50. The number of nitro groups is 1. The zero-order valence-corrected chi connectivity index (χ0v) is 18.8. The molecule has 0 saturated heterocycles. The second kappa shape index (κ2) is 9.63. The summed E-state index contributed by atoms with van der Waals surface area (Å²) in [4.78, 5) is 23.2. The van der Waals surface area contributed by atoms with E-state index in [-0.39, 0.29) is 12.2 Å². The number of amides is 1. The van der Waals surface area contributed by atoms with Crippen LogP contribution < -0.4 is 10.2 Å². The minimum Gasteiger partial charge on any atom is -0.496 e. The molecular weight excluding hydrogens is 522 g/mol. The summed E-state index contributed by atoms with van der Waals surface area (Å²) in [5.41, 5.74) is 3.02. The average Bonchev–Trinajstić information content (AvgIpc) is 3.12. The van der Waals surface area contributed by atoms with Gasteiger partial charge in [0.1, 0.15) is 11.9 Å². The van der Waals surface area contributed by atoms with Crippen LogP contribution in [0.4, 0.5) is 5.69 Å². The van der Waals surface area contributed by atoms with Crippen LogP contribution in [-0.2, 0) is 6.54 Å². The molecule has 0 atom stereocenters. The molecule has 1 aromatic heterocycles. The lowest BCUT2D eigenvalue weighted by Gasteiger charge is -2.04. The second-order valence-corrected chi connectivity index (χ2v) is 7.86. The van der Waals surface area contributed by atoms with Gasteiger partial charge in [-0.15, -0.1) is 0 Å². The Hall–Kier alpha value is -3.05. The number of nitrogens with one attached hydrogen (secondary N) is 1. The van der Waals surface area contributed by atoms with Gasteiger partial charge in [-0.2, -0.15) is 10.2 Å². The molecule has 0 aliphatic rings. The number of nitrogens with zero attached hydrogens (tertiary/aromatic N) is 4. The maximum absolute atomic E-state index is 12.4. The highest BCUT2D eigenvalue weighted by Gasteiger charge is 2.25. The van der Waals surface area contributed by atoms with Crippen molar-refractivity contribution in [2.45, 2.75) is 6.54 Å². The van der Waals surface area contributed by atoms with Crippen molar-refractivity contribution in [3.05, 3.63) is 84.5 Å². The molecule has 0 aliphatic carbocycles. The van der Waals surface area contributed by atoms with Crippen LogP contribution in [0.5, 0.6) is 5.75 Å². The molecule has 0 bridgehead atoms. The summed E-state index contributed by atoms with van der Waals surface area (Å²) in [6, 6.07) is 12.7. The molecule has 30 heavy (non-hydrogen) atoms. The molecule has 0 aliphatic heterocycles. The van der Waals surface area contributed by atoms with Crippen molar-refractivity contribution in [2.24, 2.45) is 5.10 Å². The summed E-state index contributed by atoms with van der Waals surface area (Å²) in [6.45, 7) is 0.270. The fraction of sp³-hybridized carbons (Fsp3) is 0.105. The molecule has 0 saturated carbocycles. The molecule has 3 aromatic rings. The Morgan fingerprint density at radius 1 is 1.30 bits per heavy atom.